The van der Waals surface area contributed by atoms with Crippen molar-refractivity contribution in [1.29, 1.82) is 0 Å². The highest BCUT2D eigenvalue weighted by Crippen LogP contribution is 2.20. The van der Waals surface area contributed by atoms with Crippen LogP contribution in [0.25, 0.3) is 16.9 Å². The number of aldehydes is 1. The van der Waals surface area contributed by atoms with Gasteiger partial charge in [-0.15, -0.1) is 0 Å². The molecule has 3 aromatic rings. The zero-order valence-corrected chi connectivity index (χ0v) is 10.0. The lowest BCUT2D eigenvalue weighted by Crippen LogP contribution is -1.94. The summed E-state index contributed by atoms with van der Waals surface area (Å²) in [6, 6.07) is 7.37. The highest BCUT2D eigenvalue weighted by atomic mass is 35.5. The average Bonchev–Trinajstić information content (AvgIpc) is 2.81. The minimum absolute atomic E-state index is 0.502. The molecule has 5 heteroatoms. The third-order valence-electron chi connectivity index (χ3n) is 2.69. The number of benzene rings is 1. The molecule has 0 unspecified atom stereocenters. The van der Waals surface area contributed by atoms with Crippen molar-refractivity contribution in [3.05, 3.63) is 53.6 Å². The SMILES string of the molecule is O=Cc1cnc2cnc(-c3ccc(Cl)cc3)cn12. The fourth-order valence-corrected chi connectivity index (χ4v) is 1.89. The van der Waals surface area contributed by atoms with Gasteiger partial charge in [0.15, 0.2) is 11.9 Å². The smallest absolute Gasteiger partial charge is 0.168 e. The van der Waals surface area contributed by atoms with E-state index in [0.717, 1.165) is 17.5 Å². The Morgan fingerprint density at radius 2 is 1.89 bits per heavy atom. The molecular weight excluding hydrogens is 250 g/mol. The van der Waals surface area contributed by atoms with Gasteiger partial charge in [0.05, 0.1) is 18.1 Å². The maximum Gasteiger partial charge on any atom is 0.168 e. The molecule has 0 amide bonds. The van der Waals surface area contributed by atoms with E-state index in [9.17, 15) is 4.79 Å². The summed E-state index contributed by atoms with van der Waals surface area (Å²) >= 11 is 5.84. The second-order valence-electron chi connectivity index (χ2n) is 3.81. The first kappa shape index (κ1) is 10.9. The predicted octanol–water partition coefficient (Wildman–Crippen LogP) is 2.86. The molecule has 0 spiro atoms. The van der Waals surface area contributed by atoms with E-state index in [4.69, 9.17) is 11.6 Å². The normalized spacial score (nSPS) is 10.7. The first-order valence-electron chi connectivity index (χ1n) is 5.32. The fourth-order valence-electron chi connectivity index (χ4n) is 1.76. The Morgan fingerprint density at radius 3 is 2.61 bits per heavy atom. The third kappa shape index (κ3) is 1.76. The van der Waals surface area contributed by atoms with Crippen LogP contribution in [-0.4, -0.2) is 20.7 Å². The van der Waals surface area contributed by atoms with Gasteiger partial charge in [-0.05, 0) is 12.1 Å². The van der Waals surface area contributed by atoms with Gasteiger partial charge >= 0.3 is 0 Å². The van der Waals surface area contributed by atoms with Crippen molar-refractivity contribution in [3.63, 3.8) is 0 Å². The van der Waals surface area contributed by atoms with Crippen LogP contribution in [0.15, 0.2) is 42.9 Å². The zero-order valence-electron chi connectivity index (χ0n) is 9.25. The second-order valence-corrected chi connectivity index (χ2v) is 4.24. The summed E-state index contributed by atoms with van der Waals surface area (Å²) in [6.07, 6.45) is 5.72. The Bertz CT molecular complexity index is 719. The van der Waals surface area contributed by atoms with E-state index in [0.29, 0.717) is 16.4 Å². The molecule has 0 aliphatic rings. The maximum atomic E-state index is 10.9. The van der Waals surface area contributed by atoms with Crippen LogP contribution in [0.2, 0.25) is 5.02 Å². The minimum Gasteiger partial charge on any atom is -0.296 e. The second kappa shape index (κ2) is 4.23. The van der Waals surface area contributed by atoms with E-state index >= 15 is 0 Å². The van der Waals surface area contributed by atoms with E-state index in [2.05, 4.69) is 9.97 Å². The van der Waals surface area contributed by atoms with Crippen molar-refractivity contribution < 1.29 is 4.79 Å². The molecule has 2 aromatic heterocycles. The number of halogens is 1. The average molecular weight is 258 g/mol. The number of hydrogen-bond acceptors (Lipinski definition) is 3. The first-order valence-corrected chi connectivity index (χ1v) is 5.70. The van der Waals surface area contributed by atoms with Gasteiger partial charge < -0.3 is 0 Å². The Kier molecular flexibility index (Phi) is 2.57. The first-order chi connectivity index (χ1) is 8.78. The minimum atomic E-state index is 0.502. The summed E-state index contributed by atoms with van der Waals surface area (Å²) < 4.78 is 1.71. The van der Waals surface area contributed by atoms with Crippen molar-refractivity contribution in [1.82, 2.24) is 14.4 Å². The molecule has 88 valence electrons. The molecule has 0 N–H and O–H groups in total. The van der Waals surface area contributed by atoms with Gasteiger partial charge in [-0.3, -0.25) is 14.2 Å². The summed E-state index contributed by atoms with van der Waals surface area (Å²) in [6.45, 7) is 0. The van der Waals surface area contributed by atoms with Crippen molar-refractivity contribution >= 4 is 23.5 Å². The topological polar surface area (TPSA) is 47.3 Å². The predicted molar refractivity (Wildman–Crippen MR) is 68.8 cm³/mol. The summed E-state index contributed by atoms with van der Waals surface area (Å²) in [5, 5.41) is 0.677. The van der Waals surface area contributed by atoms with Crippen LogP contribution in [-0.2, 0) is 0 Å². The number of nitrogens with zero attached hydrogens (tertiary/aromatic N) is 3. The molecule has 3 rings (SSSR count). The number of fused-ring (bicyclic) bond motifs is 1. The van der Waals surface area contributed by atoms with E-state index in [-0.39, 0.29) is 0 Å². The lowest BCUT2D eigenvalue weighted by molar-refractivity contribution is 0.111. The van der Waals surface area contributed by atoms with Crippen molar-refractivity contribution in [2.45, 2.75) is 0 Å². The van der Waals surface area contributed by atoms with Gasteiger partial charge in [0.1, 0.15) is 5.69 Å². The molecule has 4 nitrogen and oxygen atoms in total. The molecule has 0 fully saturated rings. The Labute approximate surface area is 108 Å². The Hall–Kier alpha value is -2.20. The van der Waals surface area contributed by atoms with Crippen LogP contribution < -0.4 is 0 Å². The summed E-state index contributed by atoms with van der Waals surface area (Å²) in [4.78, 5) is 19.3. The molecule has 0 bridgehead atoms. The molecule has 0 saturated carbocycles. The van der Waals surface area contributed by atoms with Gasteiger partial charge in [-0.2, -0.15) is 0 Å². The van der Waals surface area contributed by atoms with Crippen molar-refractivity contribution in [3.8, 4) is 11.3 Å². The van der Waals surface area contributed by atoms with Crippen LogP contribution >= 0.6 is 11.6 Å². The number of imidazole rings is 1. The Balaban J connectivity index is 2.17. The van der Waals surface area contributed by atoms with Crippen LogP contribution in [0.4, 0.5) is 0 Å². The maximum absolute atomic E-state index is 10.9. The van der Waals surface area contributed by atoms with E-state index in [1.165, 1.54) is 6.20 Å². The molecule has 2 heterocycles. The largest absolute Gasteiger partial charge is 0.296 e. The molecule has 18 heavy (non-hydrogen) atoms. The van der Waals surface area contributed by atoms with Gasteiger partial charge in [-0.1, -0.05) is 23.7 Å². The fraction of sp³-hybridized carbons (Fsp3) is 0. The lowest BCUT2D eigenvalue weighted by Gasteiger charge is -2.02. The molecule has 0 atom stereocenters. The third-order valence-corrected chi connectivity index (χ3v) is 2.94. The van der Waals surface area contributed by atoms with E-state index < -0.39 is 0 Å². The molecule has 0 saturated heterocycles. The van der Waals surface area contributed by atoms with E-state index in [1.807, 2.05) is 12.1 Å². The van der Waals surface area contributed by atoms with Crippen molar-refractivity contribution in [2.24, 2.45) is 0 Å². The van der Waals surface area contributed by atoms with E-state index in [1.54, 1.807) is 28.9 Å². The van der Waals surface area contributed by atoms with Gasteiger partial charge in [-0.25, -0.2) is 4.98 Å². The van der Waals surface area contributed by atoms with Crippen molar-refractivity contribution in [2.75, 3.05) is 0 Å². The standard InChI is InChI=1S/C13H8ClN3O/c14-10-3-1-9(2-4-10)12-7-17-11(8-18)5-16-13(17)6-15-12/h1-8H. The molecule has 0 radical (unpaired) electrons. The molecule has 1 aromatic carbocycles. The van der Waals surface area contributed by atoms with Gasteiger partial charge in [0, 0.05) is 16.8 Å². The Morgan fingerprint density at radius 1 is 1.11 bits per heavy atom. The summed E-state index contributed by atoms with van der Waals surface area (Å²) in [7, 11) is 0. The highest BCUT2D eigenvalue weighted by molar-refractivity contribution is 6.30. The van der Waals surface area contributed by atoms with Crippen LogP contribution in [0.1, 0.15) is 10.5 Å². The monoisotopic (exact) mass is 257 g/mol. The molecule has 0 aliphatic heterocycles. The number of hydrogen-bond donors (Lipinski definition) is 0. The highest BCUT2D eigenvalue weighted by Gasteiger charge is 2.05. The summed E-state index contributed by atoms with van der Waals surface area (Å²) in [5.74, 6) is 0. The van der Waals surface area contributed by atoms with Crippen LogP contribution in [0, 0.1) is 0 Å². The number of aromatic nitrogens is 3. The lowest BCUT2D eigenvalue weighted by atomic mass is 10.2. The number of rotatable bonds is 2. The van der Waals surface area contributed by atoms with Gasteiger partial charge in [0.25, 0.3) is 0 Å². The number of carbonyl (C=O) groups excluding carboxylic acids is 1. The molecular formula is C13H8ClN3O. The number of carbonyl (C=O) groups is 1. The summed E-state index contributed by atoms with van der Waals surface area (Å²) in [5.41, 5.74) is 2.85. The van der Waals surface area contributed by atoms with Crippen LogP contribution in [0.5, 0.6) is 0 Å². The zero-order chi connectivity index (χ0) is 12.5. The van der Waals surface area contributed by atoms with Gasteiger partial charge in [0.2, 0.25) is 0 Å². The van der Waals surface area contributed by atoms with Crippen LogP contribution in [0.3, 0.4) is 0 Å². The quantitative estimate of drug-likeness (QED) is 0.663. The molecule has 0 aliphatic carbocycles.